The number of rotatable bonds is 3. The van der Waals surface area contributed by atoms with E-state index in [1.165, 1.54) is 12.8 Å². The summed E-state index contributed by atoms with van der Waals surface area (Å²) < 4.78 is 0. The molecular formula is C25H30N4O. The van der Waals surface area contributed by atoms with Gasteiger partial charge in [-0.2, -0.15) is 0 Å². The summed E-state index contributed by atoms with van der Waals surface area (Å²) in [5.41, 5.74) is 3.61. The predicted octanol–water partition coefficient (Wildman–Crippen LogP) is 5.95. The third-order valence-electron chi connectivity index (χ3n) is 5.35. The second-order valence-corrected chi connectivity index (χ2v) is 7.95. The van der Waals surface area contributed by atoms with Crippen molar-refractivity contribution in [3.63, 3.8) is 0 Å². The smallest absolute Gasteiger partial charge is 0.236 e. The first-order valence-electron chi connectivity index (χ1n) is 10.5. The van der Waals surface area contributed by atoms with Crippen molar-refractivity contribution in [1.82, 2.24) is 9.97 Å². The lowest BCUT2D eigenvalue weighted by Crippen LogP contribution is -2.40. The van der Waals surface area contributed by atoms with E-state index in [2.05, 4.69) is 24.1 Å². The summed E-state index contributed by atoms with van der Waals surface area (Å²) in [6, 6.07) is 17.6. The van der Waals surface area contributed by atoms with Crippen molar-refractivity contribution in [3.05, 3.63) is 66.4 Å². The van der Waals surface area contributed by atoms with Crippen LogP contribution in [0, 0.1) is 0 Å². The SMILES string of the molecule is CCCC.CN1C(=O)C(C)(C)c2cnc(Nc3ccccc3)nc2-c2ccccc21. The van der Waals surface area contributed by atoms with E-state index in [-0.39, 0.29) is 5.91 Å². The summed E-state index contributed by atoms with van der Waals surface area (Å²) in [7, 11) is 1.81. The molecule has 0 radical (unpaired) electrons. The summed E-state index contributed by atoms with van der Waals surface area (Å²) in [4.78, 5) is 24.0. The van der Waals surface area contributed by atoms with E-state index in [4.69, 9.17) is 4.98 Å². The summed E-state index contributed by atoms with van der Waals surface area (Å²) in [6.45, 7) is 8.20. The van der Waals surface area contributed by atoms with Crippen LogP contribution < -0.4 is 10.2 Å². The van der Waals surface area contributed by atoms with E-state index < -0.39 is 5.41 Å². The molecule has 0 fully saturated rings. The summed E-state index contributed by atoms with van der Waals surface area (Å²) >= 11 is 0. The van der Waals surface area contributed by atoms with E-state index in [9.17, 15) is 4.79 Å². The molecule has 0 unspecified atom stereocenters. The first kappa shape index (κ1) is 21.5. The van der Waals surface area contributed by atoms with Crippen LogP contribution in [0.5, 0.6) is 0 Å². The van der Waals surface area contributed by atoms with Gasteiger partial charge in [-0.1, -0.05) is 63.1 Å². The highest BCUT2D eigenvalue weighted by molar-refractivity contribution is 6.06. The van der Waals surface area contributed by atoms with Gasteiger partial charge in [0, 0.05) is 30.1 Å². The third kappa shape index (κ3) is 4.20. The highest BCUT2D eigenvalue weighted by Gasteiger charge is 2.39. The molecule has 1 aliphatic rings. The molecule has 0 bridgehead atoms. The van der Waals surface area contributed by atoms with Crippen LogP contribution in [0.25, 0.3) is 11.3 Å². The molecule has 30 heavy (non-hydrogen) atoms. The van der Waals surface area contributed by atoms with Crippen LogP contribution in [0.4, 0.5) is 17.3 Å². The average Bonchev–Trinajstić information content (AvgIpc) is 2.83. The first-order chi connectivity index (χ1) is 14.4. The van der Waals surface area contributed by atoms with E-state index in [1.54, 1.807) is 11.1 Å². The average molecular weight is 403 g/mol. The Morgan fingerprint density at radius 1 is 0.967 bits per heavy atom. The fourth-order valence-corrected chi connectivity index (χ4v) is 3.37. The zero-order chi connectivity index (χ0) is 21.7. The van der Waals surface area contributed by atoms with Crippen LogP contribution in [-0.4, -0.2) is 22.9 Å². The molecule has 3 aromatic rings. The van der Waals surface area contributed by atoms with Gasteiger partial charge in [0.05, 0.1) is 16.8 Å². The Bertz CT molecular complexity index is 1010. The highest BCUT2D eigenvalue weighted by atomic mass is 16.2. The number of amides is 1. The fraction of sp³-hybridized carbons (Fsp3) is 0.320. The molecular weight excluding hydrogens is 372 g/mol. The summed E-state index contributed by atoms with van der Waals surface area (Å²) in [5, 5.41) is 3.23. The maximum Gasteiger partial charge on any atom is 0.236 e. The lowest BCUT2D eigenvalue weighted by Gasteiger charge is -2.27. The molecule has 5 heteroatoms. The Kier molecular flexibility index (Phi) is 6.50. The van der Waals surface area contributed by atoms with Crippen molar-refractivity contribution < 1.29 is 4.79 Å². The number of hydrogen-bond acceptors (Lipinski definition) is 4. The number of unbranched alkanes of at least 4 members (excludes halogenated alkanes) is 1. The van der Waals surface area contributed by atoms with Crippen molar-refractivity contribution in [2.45, 2.75) is 46.0 Å². The molecule has 1 N–H and O–H groups in total. The number of nitrogens with one attached hydrogen (secondary N) is 1. The quantitative estimate of drug-likeness (QED) is 0.588. The molecule has 1 aliphatic heterocycles. The van der Waals surface area contributed by atoms with Gasteiger partial charge < -0.3 is 10.2 Å². The number of anilines is 3. The maximum atomic E-state index is 13.0. The molecule has 2 aromatic carbocycles. The Morgan fingerprint density at radius 2 is 1.60 bits per heavy atom. The van der Waals surface area contributed by atoms with Gasteiger partial charge in [-0.05, 0) is 32.0 Å². The molecule has 2 heterocycles. The van der Waals surface area contributed by atoms with Crippen LogP contribution in [0.15, 0.2) is 60.8 Å². The largest absolute Gasteiger partial charge is 0.324 e. The van der Waals surface area contributed by atoms with Crippen LogP contribution >= 0.6 is 0 Å². The number of fused-ring (bicyclic) bond motifs is 3. The standard InChI is InChI=1S/C21H20N4O.C4H10/c1-21(2)16-13-22-20(23-14-9-5-4-6-10-14)24-18(16)15-11-7-8-12-17(15)25(3)19(21)26;1-3-4-2/h4-13H,1-3H3,(H,22,23,24);3-4H2,1-2H3. The van der Waals surface area contributed by atoms with Crippen LogP contribution in [0.2, 0.25) is 0 Å². The molecule has 156 valence electrons. The van der Waals surface area contributed by atoms with E-state index in [1.807, 2.05) is 75.5 Å². The lowest BCUT2D eigenvalue weighted by atomic mass is 9.83. The number of hydrogen-bond donors (Lipinski definition) is 1. The van der Waals surface area contributed by atoms with Gasteiger partial charge in [-0.25, -0.2) is 9.97 Å². The van der Waals surface area contributed by atoms with Crippen molar-refractivity contribution in [1.29, 1.82) is 0 Å². The van der Waals surface area contributed by atoms with Gasteiger partial charge in [0.1, 0.15) is 0 Å². The number of nitrogens with zero attached hydrogens (tertiary/aromatic N) is 3. The van der Waals surface area contributed by atoms with Gasteiger partial charge in [0.15, 0.2) is 0 Å². The van der Waals surface area contributed by atoms with Gasteiger partial charge in [0.2, 0.25) is 11.9 Å². The Labute approximate surface area is 179 Å². The fourth-order valence-electron chi connectivity index (χ4n) is 3.37. The van der Waals surface area contributed by atoms with E-state index in [0.717, 1.165) is 28.2 Å². The molecule has 5 nitrogen and oxygen atoms in total. The van der Waals surface area contributed by atoms with Crippen LogP contribution in [-0.2, 0) is 10.2 Å². The van der Waals surface area contributed by atoms with Crippen molar-refractivity contribution >= 4 is 23.2 Å². The number of para-hydroxylation sites is 2. The molecule has 0 spiro atoms. The number of carbonyl (C=O) groups is 1. The second kappa shape index (κ2) is 9.08. The molecule has 0 saturated heterocycles. The monoisotopic (exact) mass is 402 g/mol. The molecule has 0 saturated carbocycles. The van der Waals surface area contributed by atoms with E-state index in [0.29, 0.717) is 5.95 Å². The maximum absolute atomic E-state index is 13.0. The number of benzene rings is 2. The lowest BCUT2D eigenvalue weighted by molar-refractivity contribution is -0.122. The van der Waals surface area contributed by atoms with Crippen molar-refractivity contribution in [2.24, 2.45) is 0 Å². The minimum absolute atomic E-state index is 0.0241. The predicted molar refractivity (Wildman–Crippen MR) is 124 cm³/mol. The van der Waals surface area contributed by atoms with Crippen molar-refractivity contribution in [3.8, 4) is 11.3 Å². The molecule has 4 rings (SSSR count). The van der Waals surface area contributed by atoms with Gasteiger partial charge in [-0.15, -0.1) is 0 Å². The molecule has 1 aromatic heterocycles. The van der Waals surface area contributed by atoms with Gasteiger partial charge >= 0.3 is 0 Å². The third-order valence-corrected chi connectivity index (χ3v) is 5.35. The minimum atomic E-state index is -0.714. The Morgan fingerprint density at radius 3 is 2.27 bits per heavy atom. The zero-order valence-corrected chi connectivity index (χ0v) is 18.4. The Balaban J connectivity index is 0.000000589. The zero-order valence-electron chi connectivity index (χ0n) is 18.4. The summed E-state index contributed by atoms with van der Waals surface area (Å²) in [5.74, 6) is 0.536. The first-order valence-corrected chi connectivity index (χ1v) is 10.5. The summed E-state index contributed by atoms with van der Waals surface area (Å²) in [6.07, 6.45) is 4.40. The second-order valence-electron chi connectivity index (χ2n) is 7.95. The molecule has 1 amide bonds. The van der Waals surface area contributed by atoms with Crippen LogP contribution in [0.1, 0.15) is 46.1 Å². The number of carbonyl (C=O) groups excluding carboxylic acids is 1. The normalized spacial score (nSPS) is 14.0. The minimum Gasteiger partial charge on any atom is -0.324 e. The number of aromatic nitrogens is 2. The van der Waals surface area contributed by atoms with Gasteiger partial charge in [-0.3, -0.25) is 4.79 Å². The van der Waals surface area contributed by atoms with Crippen molar-refractivity contribution in [2.75, 3.05) is 17.3 Å². The molecule has 0 atom stereocenters. The molecule has 0 aliphatic carbocycles. The number of likely N-dealkylation sites (N-methyl/N-ethyl adjacent to an activating group) is 1. The Hall–Kier alpha value is -3.21. The topological polar surface area (TPSA) is 58.1 Å². The van der Waals surface area contributed by atoms with E-state index >= 15 is 0 Å². The van der Waals surface area contributed by atoms with Gasteiger partial charge in [0.25, 0.3) is 0 Å². The van der Waals surface area contributed by atoms with Crippen LogP contribution in [0.3, 0.4) is 0 Å². The highest BCUT2D eigenvalue weighted by Crippen LogP contribution is 2.42.